The zero-order valence-corrected chi connectivity index (χ0v) is 6.82. The van der Waals surface area contributed by atoms with Crippen molar-refractivity contribution in [1.82, 2.24) is 5.32 Å². The third kappa shape index (κ3) is 0.878. The third-order valence-electron chi connectivity index (χ3n) is 3.55. The molecule has 2 rings (SSSR count). The van der Waals surface area contributed by atoms with Gasteiger partial charge >= 0.3 is 0 Å². The average molecular weight is 139 g/mol. The molecule has 0 bridgehead atoms. The first-order valence-corrected chi connectivity index (χ1v) is 4.52. The molecule has 0 radical (unpaired) electrons. The van der Waals surface area contributed by atoms with E-state index in [2.05, 4.69) is 12.2 Å². The maximum absolute atomic E-state index is 3.48. The van der Waals surface area contributed by atoms with Crippen LogP contribution in [0, 0.1) is 11.3 Å². The van der Waals surface area contributed by atoms with Crippen LogP contribution in [0.1, 0.15) is 32.6 Å². The molecule has 0 aromatic rings. The van der Waals surface area contributed by atoms with Crippen LogP contribution in [-0.2, 0) is 0 Å². The Bertz CT molecular complexity index is 133. The molecule has 1 N–H and O–H groups in total. The van der Waals surface area contributed by atoms with Gasteiger partial charge in [0.1, 0.15) is 0 Å². The van der Waals surface area contributed by atoms with Gasteiger partial charge in [-0.2, -0.15) is 0 Å². The summed E-state index contributed by atoms with van der Waals surface area (Å²) in [6.07, 6.45) is 5.85. The van der Waals surface area contributed by atoms with Crippen LogP contribution in [0.2, 0.25) is 0 Å². The fourth-order valence-electron chi connectivity index (χ4n) is 2.63. The highest BCUT2D eigenvalue weighted by molar-refractivity contribution is 4.92. The zero-order chi connectivity index (χ0) is 7.03. The molecule has 0 aromatic heterocycles. The number of nitrogens with one attached hydrogen (secondary N) is 1. The summed E-state index contributed by atoms with van der Waals surface area (Å²) in [5.41, 5.74) is 0.727. The summed E-state index contributed by atoms with van der Waals surface area (Å²) < 4.78 is 0. The first-order valence-electron chi connectivity index (χ1n) is 4.52. The molecule has 1 heteroatoms. The molecular weight excluding hydrogens is 122 g/mol. The van der Waals surface area contributed by atoms with Crippen molar-refractivity contribution in [3.63, 3.8) is 0 Å². The second kappa shape index (κ2) is 2.23. The van der Waals surface area contributed by atoms with Gasteiger partial charge in [0, 0.05) is 0 Å². The highest BCUT2D eigenvalue weighted by atomic mass is 14.9. The highest BCUT2D eigenvalue weighted by Gasteiger charge is 2.39. The van der Waals surface area contributed by atoms with E-state index in [4.69, 9.17) is 0 Å². The molecule has 1 nitrogen and oxygen atoms in total. The molecule has 1 aliphatic carbocycles. The van der Waals surface area contributed by atoms with E-state index >= 15 is 0 Å². The van der Waals surface area contributed by atoms with Crippen molar-refractivity contribution in [3.05, 3.63) is 0 Å². The fraction of sp³-hybridized carbons (Fsp3) is 1.00. The van der Waals surface area contributed by atoms with Gasteiger partial charge in [0.15, 0.2) is 0 Å². The van der Waals surface area contributed by atoms with Crippen molar-refractivity contribution in [2.75, 3.05) is 13.1 Å². The zero-order valence-electron chi connectivity index (χ0n) is 6.82. The van der Waals surface area contributed by atoms with Gasteiger partial charge in [-0.1, -0.05) is 13.3 Å². The molecule has 0 spiro atoms. The summed E-state index contributed by atoms with van der Waals surface area (Å²) in [6.45, 7) is 5.02. The minimum absolute atomic E-state index is 0.727. The first kappa shape index (κ1) is 6.66. The van der Waals surface area contributed by atoms with Crippen molar-refractivity contribution >= 4 is 0 Å². The summed E-state index contributed by atoms with van der Waals surface area (Å²) in [6, 6.07) is 0. The van der Waals surface area contributed by atoms with E-state index in [1.165, 1.54) is 38.8 Å². The first-order chi connectivity index (χ1) is 4.81. The monoisotopic (exact) mass is 139 g/mol. The van der Waals surface area contributed by atoms with Gasteiger partial charge in [-0.15, -0.1) is 0 Å². The number of hydrogen-bond acceptors (Lipinski definition) is 1. The SMILES string of the molecule is CC12CCCC1CNCC2. The van der Waals surface area contributed by atoms with Gasteiger partial charge in [0.25, 0.3) is 0 Å². The number of fused-ring (bicyclic) bond motifs is 1. The lowest BCUT2D eigenvalue weighted by Crippen LogP contribution is -2.40. The van der Waals surface area contributed by atoms with Crippen molar-refractivity contribution in [3.8, 4) is 0 Å². The largest absolute Gasteiger partial charge is 0.316 e. The van der Waals surface area contributed by atoms with Crippen LogP contribution in [0.3, 0.4) is 0 Å². The van der Waals surface area contributed by atoms with E-state index in [0.717, 1.165) is 11.3 Å². The van der Waals surface area contributed by atoms with E-state index in [-0.39, 0.29) is 0 Å². The Morgan fingerprint density at radius 3 is 3.10 bits per heavy atom. The summed E-state index contributed by atoms with van der Waals surface area (Å²) >= 11 is 0. The summed E-state index contributed by atoms with van der Waals surface area (Å²) in [5.74, 6) is 1.00. The van der Waals surface area contributed by atoms with Crippen LogP contribution in [0.4, 0.5) is 0 Å². The maximum Gasteiger partial charge on any atom is -0.00153 e. The van der Waals surface area contributed by atoms with Crippen molar-refractivity contribution in [2.45, 2.75) is 32.6 Å². The van der Waals surface area contributed by atoms with Crippen LogP contribution < -0.4 is 5.32 Å². The molecular formula is C9H17N. The second-order valence-corrected chi connectivity index (χ2v) is 4.20. The predicted octanol–water partition coefficient (Wildman–Crippen LogP) is 1.79. The normalized spacial score (nSPS) is 47.1. The summed E-state index contributed by atoms with van der Waals surface area (Å²) in [5, 5.41) is 3.48. The number of piperidine rings is 1. The standard InChI is InChI=1S/C9H17N/c1-9-4-2-3-8(9)7-10-6-5-9/h8,10H,2-7H2,1H3. The topological polar surface area (TPSA) is 12.0 Å². The smallest absolute Gasteiger partial charge is 0.00153 e. The van der Waals surface area contributed by atoms with Crippen LogP contribution in [-0.4, -0.2) is 13.1 Å². The van der Waals surface area contributed by atoms with Gasteiger partial charge in [0.05, 0.1) is 0 Å². The van der Waals surface area contributed by atoms with E-state index in [1.807, 2.05) is 0 Å². The van der Waals surface area contributed by atoms with Gasteiger partial charge < -0.3 is 5.32 Å². The molecule has 2 atom stereocenters. The molecule has 10 heavy (non-hydrogen) atoms. The molecule has 2 fully saturated rings. The van der Waals surface area contributed by atoms with Gasteiger partial charge in [0.2, 0.25) is 0 Å². The van der Waals surface area contributed by atoms with Crippen LogP contribution in [0.5, 0.6) is 0 Å². The predicted molar refractivity (Wildman–Crippen MR) is 42.9 cm³/mol. The van der Waals surface area contributed by atoms with Crippen molar-refractivity contribution in [1.29, 1.82) is 0 Å². The summed E-state index contributed by atoms with van der Waals surface area (Å²) in [7, 11) is 0. The Balaban J connectivity index is 2.10. The molecule has 1 saturated heterocycles. The van der Waals surface area contributed by atoms with Gasteiger partial charge in [-0.3, -0.25) is 0 Å². The van der Waals surface area contributed by atoms with Gasteiger partial charge in [-0.25, -0.2) is 0 Å². The van der Waals surface area contributed by atoms with E-state index in [0.29, 0.717) is 0 Å². The minimum Gasteiger partial charge on any atom is -0.316 e. The van der Waals surface area contributed by atoms with E-state index in [1.54, 1.807) is 0 Å². The minimum atomic E-state index is 0.727. The molecule has 0 amide bonds. The molecule has 58 valence electrons. The third-order valence-corrected chi connectivity index (χ3v) is 3.55. The average Bonchev–Trinajstić information content (AvgIpc) is 2.29. The summed E-state index contributed by atoms with van der Waals surface area (Å²) in [4.78, 5) is 0. The Kier molecular flexibility index (Phi) is 1.48. The number of rotatable bonds is 0. The quantitative estimate of drug-likeness (QED) is 0.539. The molecule has 2 unspecified atom stereocenters. The lowest BCUT2D eigenvalue weighted by atomic mass is 9.75. The second-order valence-electron chi connectivity index (χ2n) is 4.20. The van der Waals surface area contributed by atoms with Crippen LogP contribution in [0.15, 0.2) is 0 Å². The Morgan fingerprint density at radius 1 is 1.40 bits per heavy atom. The molecule has 1 aliphatic heterocycles. The highest BCUT2D eigenvalue weighted by Crippen LogP contribution is 2.46. The molecule has 2 aliphatic rings. The number of hydrogen-bond donors (Lipinski definition) is 1. The lowest BCUT2D eigenvalue weighted by Gasteiger charge is -2.36. The lowest BCUT2D eigenvalue weighted by molar-refractivity contribution is 0.168. The Morgan fingerprint density at radius 2 is 2.30 bits per heavy atom. The Labute approximate surface area is 63.2 Å². The van der Waals surface area contributed by atoms with Crippen molar-refractivity contribution in [2.24, 2.45) is 11.3 Å². The fourth-order valence-corrected chi connectivity index (χ4v) is 2.63. The van der Waals surface area contributed by atoms with E-state index in [9.17, 15) is 0 Å². The molecule has 1 saturated carbocycles. The molecule has 0 aromatic carbocycles. The molecule has 1 heterocycles. The van der Waals surface area contributed by atoms with Crippen LogP contribution in [0.25, 0.3) is 0 Å². The van der Waals surface area contributed by atoms with Gasteiger partial charge in [-0.05, 0) is 43.7 Å². The van der Waals surface area contributed by atoms with E-state index < -0.39 is 0 Å². The van der Waals surface area contributed by atoms with Crippen LogP contribution >= 0.6 is 0 Å². The van der Waals surface area contributed by atoms with Crippen molar-refractivity contribution < 1.29 is 0 Å². The maximum atomic E-state index is 3.48. The Hall–Kier alpha value is -0.0400.